The van der Waals surface area contributed by atoms with Gasteiger partial charge in [0.1, 0.15) is 0 Å². The molecule has 0 amide bonds. The second-order valence-electron chi connectivity index (χ2n) is 5.03. The zero-order chi connectivity index (χ0) is 13.4. The minimum atomic E-state index is -2.34. The molecule has 19 heavy (non-hydrogen) atoms. The first-order valence-corrected chi connectivity index (χ1v) is 6.84. The fourth-order valence-electron chi connectivity index (χ4n) is 2.90. The van der Waals surface area contributed by atoms with Crippen LogP contribution >= 0.6 is 11.6 Å². The van der Waals surface area contributed by atoms with Crippen LogP contribution < -0.4 is 10.7 Å². The Morgan fingerprint density at radius 3 is 2.68 bits per heavy atom. The molecular weight excluding hydrogens is 272 g/mol. The summed E-state index contributed by atoms with van der Waals surface area (Å²) in [6.45, 7) is 0.744. The molecule has 3 atom stereocenters. The van der Waals surface area contributed by atoms with Crippen molar-refractivity contribution in [2.24, 2.45) is 0 Å². The molecule has 2 N–H and O–H groups in total. The summed E-state index contributed by atoms with van der Waals surface area (Å²) in [7, 11) is 0. The van der Waals surface area contributed by atoms with Gasteiger partial charge in [-0.15, -0.1) is 0 Å². The molecule has 2 heterocycles. The summed E-state index contributed by atoms with van der Waals surface area (Å²) >= 11 is 5.86. The van der Waals surface area contributed by atoms with Gasteiger partial charge in [0.2, 0.25) is 0 Å². The summed E-state index contributed by atoms with van der Waals surface area (Å²) in [5, 5.41) is 5.76. The SMILES string of the molecule is FC(F)C1CC(c2ccc(Cl)cc2)NC2CCNN21. The molecule has 1 aromatic carbocycles. The molecular formula is C13H16ClF2N3. The molecule has 3 rings (SSSR count). The zero-order valence-electron chi connectivity index (χ0n) is 10.3. The lowest BCUT2D eigenvalue weighted by atomic mass is 9.96. The van der Waals surface area contributed by atoms with Crippen LogP contribution in [0, 0.1) is 0 Å². The quantitative estimate of drug-likeness (QED) is 0.875. The molecule has 3 nitrogen and oxygen atoms in total. The van der Waals surface area contributed by atoms with Gasteiger partial charge >= 0.3 is 0 Å². The van der Waals surface area contributed by atoms with E-state index in [4.69, 9.17) is 11.6 Å². The van der Waals surface area contributed by atoms with E-state index in [1.165, 1.54) is 0 Å². The number of fused-ring (bicyclic) bond motifs is 1. The molecule has 0 radical (unpaired) electrons. The van der Waals surface area contributed by atoms with Crippen molar-refractivity contribution in [1.29, 1.82) is 0 Å². The van der Waals surface area contributed by atoms with Crippen molar-refractivity contribution in [3.05, 3.63) is 34.9 Å². The standard InChI is InChI=1S/C13H16ClF2N3/c14-9-3-1-8(2-4-9)10-7-11(13(15)16)19-12(18-10)5-6-17-19/h1-4,10-13,17-18H,5-7H2. The van der Waals surface area contributed by atoms with Crippen molar-refractivity contribution in [2.75, 3.05) is 6.54 Å². The highest BCUT2D eigenvalue weighted by Gasteiger charge is 2.42. The molecule has 3 unspecified atom stereocenters. The monoisotopic (exact) mass is 287 g/mol. The minimum absolute atomic E-state index is 0.0200. The number of hydrogen-bond donors (Lipinski definition) is 2. The molecule has 0 saturated carbocycles. The van der Waals surface area contributed by atoms with E-state index < -0.39 is 12.5 Å². The van der Waals surface area contributed by atoms with Gasteiger partial charge in [0.15, 0.2) is 0 Å². The fraction of sp³-hybridized carbons (Fsp3) is 0.538. The first-order valence-electron chi connectivity index (χ1n) is 6.46. The maximum atomic E-state index is 13.2. The van der Waals surface area contributed by atoms with Crippen molar-refractivity contribution < 1.29 is 8.78 Å². The third-order valence-electron chi connectivity index (χ3n) is 3.84. The van der Waals surface area contributed by atoms with Crippen LogP contribution in [0.5, 0.6) is 0 Å². The number of hydrazine groups is 1. The van der Waals surface area contributed by atoms with Gasteiger partial charge in [-0.25, -0.2) is 13.8 Å². The van der Waals surface area contributed by atoms with Gasteiger partial charge in [0, 0.05) is 17.6 Å². The first-order chi connectivity index (χ1) is 9.15. The Morgan fingerprint density at radius 1 is 1.26 bits per heavy atom. The minimum Gasteiger partial charge on any atom is -0.294 e. The first kappa shape index (κ1) is 13.2. The van der Waals surface area contributed by atoms with Crippen molar-refractivity contribution in [3.63, 3.8) is 0 Å². The Balaban J connectivity index is 1.81. The highest BCUT2D eigenvalue weighted by atomic mass is 35.5. The molecule has 1 aromatic rings. The highest BCUT2D eigenvalue weighted by molar-refractivity contribution is 6.30. The Bertz CT molecular complexity index is 440. The summed E-state index contributed by atoms with van der Waals surface area (Å²) in [6.07, 6.45) is -1.13. The van der Waals surface area contributed by atoms with E-state index in [0.29, 0.717) is 11.4 Å². The maximum absolute atomic E-state index is 13.2. The lowest BCUT2D eigenvalue weighted by Gasteiger charge is -2.41. The van der Waals surface area contributed by atoms with E-state index in [0.717, 1.165) is 18.5 Å². The summed E-state index contributed by atoms with van der Waals surface area (Å²) in [5.74, 6) is 0. The van der Waals surface area contributed by atoms with Crippen molar-refractivity contribution in [1.82, 2.24) is 15.8 Å². The van der Waals surface area contributed by atoms with Gasteiger partial charge in [-0.05, 0) is 30.5 Å². The third-order valence-corrected chi connectivity index (χ3v) is 4.09. The second kappa shape index (κ2) is 5.32. The fourth-order valence-corrected chi connectivity index (χ4v) is 3.02. The van der Waals surface area contributed by atoms with Crippen molar-refractivity contribution in [2.45, 2.75) is 37.5 Å². The molecule has 2 aliphatic heterocycles. The van der Waals surface area contributed by atoms with Crippen molar-refractivity contribution >= 4 is 11.6 Å². The molecule has 2 fully saturated rings. The largest absolute Gasteiger partial charge is 0.294 e. The van der Waals surface area contributed by atoms with Crippen LogP contribution in [-0.2, 0) is 0 Å². The van der Waals surface area contributed by atoms with Gasteiger partial charge < -0.3 is 0 Å². The summed E-state index contributed by atoms with van der Waals surface area (Å²) in [5.41, 5.74) is 4.06. The number of hydrogen-bond acceptors (Lipinski definition) is 3. The van der Waals surface area contributed by atoms with Gasteiger partial charge in [-0.3, -0.25) is 10.7 Å². The summed E-state index contributed by atoms with van der Waals surface area (Å²) in [4.78, 5) is 0. The number of alkyl halides is 2. The Kier molecular flexibility index (Phi) is 3.71. The average Bonchev–Trinajstić information content (AvgIpc) is 2.86. The predicted octanol–water partition coefficient (Wildman–Crippen LogP) is 2.54. The van der Waals surface area contributed by atoms with Crippen LogP contribution in [0.2, 0.25) is 5.02 Å². The van der Waals surface area contributed by atoms with Crippen LogP contribution in [0.4, 0.5) is 8.78 Å². The van der Waals surface area contributed by atoms with Crippen LogP contribution in [0.3, 0.4) is 0 Å². The van der Waals surface area contributed by atoms with E-state index in [1.54, 1.807) is 17.1 Å². The van der Waals surface area contributed by atoms with Crippen molar-refractivity contribution in [3.8, 4) is 0 Å². The molecule has 6 heteroatoms. The van der Waals surface area contributed by atoms with Gasteiger partial charge in [0.05, 0.1) is 12.2 Å². The molecule has 2 aliphatic rings. The highest BCUT2D eigenvalue weighted by Crippen LogP contribution is 2.32. The second-order valence-corrected chi connectivity index (χ2v) is 5.46. The predicted molar refractivity (Wildman–Crippen MR) is 70.0 cm³/mol. The Labute approximate surface area is 115 Å². The normalized spacial score (nSPS) is 31.7. The number of nitrogens with one attached hydrogen (secondary N) is 2. The summed E-state index contributed by atoms with van der Waals surface area (Å²) in [6, 6.07) is 6.62. The third kappa shape index (κ3) is 2.60. The van der Waals surface area contributed by atoms with E-state index in [2.05, 4.69) is 10.7 Å². The molecule has 0 aromatic heterocycles. The number of rotatable bonds is 2. The zero-order valence-corrected chi connectivity index (χ0v) is 11.1. The van der Waals surface area contributed by atoms with E-state index in [9.17, 15) is 8.78 Å². The van der Waals surface area contributed by atoms with E-state index >= 15 is 0 Å². The topological polar surface area (TPSA) is 27.3 Å². The van der Waals surface area contributed by atoms with Crippen LogP contribution in [0.1, 0.15) is 24.4 Å². The van der Waals surface area contributed by atoms with E-state index in [1.807, 2.05) is 12.1 Å². The summed E-state index contributed by atoms with van der Waals surface area (Å²) < 4.78 is 26.4. The lowest BCUT2D eigenvalue weighted by Crippen LogP contribution is -2.59. The van der Waals surface area contributed by atoms with Gasteiger partial charge in [0.25, 0.3) is 6.43 Å². The average molecular weight is 288 g/mol. The maximum Gasteiger partial charge on any atom is 0.255 e. The Morgan fingerprint density at radius 2 is 2.00 bits per heavy atom. The van der Waals surface area contributed by atoms with Crippen LogP contribution in [0.15, 0.2) is 24.3 Å². The van der Waals surface area contributed by atoms with E-state index in [-0.39, 0.29) is 12.2 Å². The van der Waals surface area contributed by atoms with Gasteiger partial charge in [-0.2, -0.15) is 0 Å². The molecule has 2 saturated heterocycles. The van der Waals surface area contributed by atoms with Crippen LogP contribution in [-0.4, -0.2) is 30.2 Å². The van der Waals surface area contributed by atoms with Crippen LogP contribution in [0.25, 0.3) is 0 Å². The number of benzene rings is 1. The molecule has 0 aliphatic carbocycles. The number of nitrogens with zero attached hydrogens (tertiary/aromatic N) is 1. The van der Waals surface area contributed by atoms with Gasteiger partial charge in [-0.1, -0.05) is 23.7 Å². The molecule has 104 valence electrons. The smallest absolute Gasteiger partial charge is 0.255 e. The number of halogens is 3. The lowest BCUT2D eigenvalue weighted by molar-refractivity contribution is -0.0478. The molecule has 0 bridgehead atoms. The Hall–Kier alpha value is -0.750. The molecule has 0 spiro atoms.